The first-order valence-corrected chi connectivity index (χ1v) is 19.7. The van der Waals surface area contributed by atoms with E-state index in [0.29, 0.717) is 69.4 Å². The zero-order chi connectivity index (χ0) is 40.2. The molecule has 0 radical (unpaired) electrons. The number of aromatic nitrogens is 6. The van der Waals surface area contributed by atoms with Crippen molar-refractivity contribution in [2.75, 3.05) is 58.1 Å². The summed E-state index contributed by atoms with van der Waals surface area (Å²) in [5, 5.41) is 10.9. The van der Waals surface area contributed by atoms with Gasteiger partial charge >= 0.3 is 0 Å². The van der Waals surface area contributed by atoms with Gasteiger partial charge in [0.25, 0.3) is 0 Å². The molecule has 1 amide bonds. The van der Waals surface area contributed by atoms with E-state index < -0.39 is 0 Å². The van der Waals surface area contributed by atoms with Crippen molar-refractivity contribution in [1.82, 2.24) is 39.3 Å². The van der Waals surface area contributed by atoms with E-state index in [-0.39, 0.29) is 17.8 Å². The first kappa shape index (κ1) is 37.4. The van der Waals surface area contributed by atoms with Gasteiger partial charge in [-0.05, 0) is 73.7 Å². The summed E-state index contributed by atoms with van der Waals surface area (Å²) >= 11 is 0. The van der Waals surface area contributed by atoms with Crippen molar-refractivity contribution in [2.24, 2.45) is 7.05 Å². The smallest absolute Gasteiger partial charge is 0.219 e. The molecule has 3 aliphatic rings. The summed E-state index contributed by atoms with van der Waals surface area (Å²) in [6.07, 6.45) is 6.03. The summed E-state index contributed by atoms with van der Waals surface area (Å²) in [6, 6.07) is 16.9. The van der Waals surface area contributed by atoms with Crippen LogP contribution in [0.1, 0.15) is 49.8 Å². The number of amides is 1. The molecule has 1 saturated carbocycles. The first-order chi connectivity index (χ1) is 28.2. The van der Waals surface area contributed by atoms with Crippen LogP contribution in [0, 0.1) is 5.82 Å². The van der Waals surface area contributed by atoms with Crippen molar-refractivity contribution in [3.05, 3.63) is 77.9 Å². The second kappa shape index (κ2) is 14.9. The molecule has 58 heavy (non-hydrogen) atoms. The number of fused-ring (bicyclic) bond motifs is 4. The number of hydrogen-bond acceptors (Lipinski definition) is 11. The van der Waals surface area contributed by atoms with E-state index in [1.807, 2.05) is 62.6 Å². The molecule has 15 heteroatoms. The Morgan fingerprint density at radius 1 is 0.862 bits per heavy atom. The molecule has 0 bridgehead atoms. The fourth-order valence-corrected chi connectivity index (χ4v) is 9.23. The minimum Gasteiger partial charge on any atom is -0.495 e. The quantitative estimate of drug-likeness (QED) is 0.168. The van der Waals surface area contributed by atoms with Crippen LogP contribution >= 0.6 is 0 Å². The third-order valence-electron chi connectivity index (χ3n) is 12.1. The number of aryl methyl sites for hydroxylation is 1. The number of anilines is 4. The monoisotopic (exact) mass is 786 g/mol. The average Bonchev–Trinajstić information content (AvgIpc) is 3.92. The molecule has 14 nitrogen and oxygen atoms in total. The summed E-state index contributed by atoms with van der Waals surface area (Å²) in [5.74, 6) is 2.58. The van der Waals surface area contributed by atoms with Gasteiger partial charge in [-0.1, -0.05) is 12.1 Å². The van der Waals surface area contributed by atoms with Crippen molar-refractivity contribution in [3.63, 3.8) is 0 Å². The van der Waals surface area contributed by atoms with Gasteiger partial charge in [-0.2, -0.15) is 10.2 Å². The van der Waals surface area contributed by atoms with Crippen LogP contribution in [0.15, 0.2) is 60.9 Å². The van der Waals surface area contributed by atoms with Crippen molar-refractivity contribution in [2.45, 2.75) is 51.1 Å². The summed E-state index contributed by atoms with van der Waals surface area (Å²) < 4.78 is 36.3. The lowest BCUT2D eigenvalue weighted by molar-refractivity contribution is -0.131. The van der Waals surface area contributed by atoms with Crippen LogP contribution in [0.3, 0.4) is 0 Å². The van der Waals surface area contributed by atoms with Crippen LogP contribution in [0.25, 0.3) is 33.5 Å². The van der Waals surface area contributed by atoms with E-state index >= 15 is 4.39 Å². The Kier molecular flexibility index (Phi) is 9.62. The number of hydrogen-bond donors (Lipinski definition) is 1. The maximum Gasteiger partial charge on any atom is 0.219 e. The molecule has 0 atom stereocenters. The lowest BCUT2D eigenvalue weighted by Gasteiger charge is -2.41. The molecule has 2 N–H and O–H groups in total. The number of rotatable bonds is 9. The maximum absolute atomic E-state index is 15.0. The molecular formula is C43H47FN10O4. The van der Waals surface area contributed by atoms with Crippen LogP contribution in [0.4, 0.5) is 27.4 Å². The average molecular weight is 787 g/mol. The van der Waals surface area contributed by atoms with Gasteiger partial charge in [0, 0.05) is 69.3 Å². The molecule has 9 rings (SSSR count). The largest absolute Gasteiger partial charge is 0.495 e. The van der Waals surface area contributed by atoms with Crippen molar-refractivity contribution in [3.8, 4) is 39.8 Å². The maximum atomic E-state index is 15.0. The van der Waals surface area contributed by atoms with Crippen LogP contribution < -0.4 is 24.8 Å². The number of methoxy groups -OCH3 is 3. The van der Waals surface area contributed by atoms with E-state index in [1.165, 1.54) is 18.5 Å². The van der Waals surface area contributed by atoms with Crippen LogP contribution in [-0.4, -0.2) is 98.8 Å². The van der Waals surface area contributed by atoms with Crippen molar-refractivity contribution < 1.29 is 23.4 Å². The topological polar surface area (TPSA) is 142 Å². The molecular weight excluding hydrogens is 740 g/mol. The first-order valence-electron chi connectivity index (χ1n) is 19.7. The lowest BCUT2D eigenvalue weighted by atomic mass is 9.90. The summed E-state index contributed by atoms with van der Waals surface area (Å²) in [5.41, 5.74) is 14.0. The molecule has 1 saturated heterocycles. The summed E-state index contributed by atoms with van der Waals surface area (Å²) in [6.45, 7) is 5.02. The molecule has 300 valence electrons. The highest BCUT2D eigenvalue weighted by Gasteiger charge is 2.34. The number of carbonyl (C=O) groups excluding carboxylic acids is 1. The van der Waals surface area contributed by atoms with E-state index in [4.69, 9.17) is 35.1 Å². The Morgan fingerprint density at radius 2 is 1.59 bits per heavy atom. The lowest BCUT2D eigenvalue weighted by Crippen LogP contribution is -2.52. The standard InChI is InChI=1S/C43H47FN10O4/c1-25(55)51-15-17-52(18-16-51)29-10-12-30(13-11-29)54-43-38(41(45)46-24-47-43)39(48-54)26-9-14-34(35(20-26)56-3)53(31-8-6-7-28(44)22-31)42-33-19-27-21-36(57-4)37(58-5)23-32(27)40(33)50(2)49-42/h6-9,14,20-24,29-30H,10-13,15-19H2,1-5H3,(H2,45,46,47)/t29-,30-. The van der Waals surface area contributed by atoms with Crippen LogP contribution in [0.2, 0.25) is 0 Å². The van der Waals surface area contributed by atoms with Crippen LogP contribution in [0.5, 0.6) is 17.2 Å². The highest BCUT2D eigenvalue weighted by Crippen LogP contribution is 2.50. The fraction of sp³-hybridized carbons (Fsp3) is 0.372. The second-order valence-electron chi connectivity index (χ2n) is 15.3. The number of carbonyl (C=O) groups is 1. The fourth-order valence-electron chi connectivity index (χ4n) is 9.23. The van der Waals surface area contributed by atoms with E-state index in [9.17, 15) is 4.79 Å². The molecule has 3 aromatic heterocycles. The van der Waals surface area contributed by atoms with Gasteiger partial charge in [0.1, 0.15) is 29.4 Å². The minimum absolute atomic E-state index is 0.139. The third kappa shape index (κ3) is 6.33. The highest BCUT2D eigenvalue weighted by atomic mass is 19.1. The molecule has 2 fully saturated rings. The summed E-state index contributed by atoms with van der Waals surface area (Å²) in [4.78, 5) is 27.4. The van der Waals surface area contributed by atoms with Gasteiger partial charge in [-0.25, -0.2) is 19.0 Å². The normalized spacial score (nSPS) is 17.9. The van der Waals surface area contributed by atoms with Crippen molar-refractivity contribution in [1.29, 1.82) is 0 Å². The molecule has 0 unspecified atom stereocenters. The van der Waals surface area contributed by atoms with Gasteiger partial charge in [0.05, 0.1) is 49.8 Å². The van der Waals surface area contributed by atoms with E-state index in [0.717, 1.165) is 79.8 Å². The molecule has 2 aliphatic carbocycles. The zero-order valence-corrected chi connectivity index (χ0v) is 33.4. The van der Waals surface area contributed by atoms with E-state index in [2.05, 4.69) is 9.88 Å². The summed E-state index contributed by atoms with van der Waals surface area (Å²) in [7, 11) is 6.78. The molecule has 0 spiro atoms. The Labute approximate surface area is 335 Å². The van der Waals surface area contributed by atoms with Gasteiger partial charge in [0.15, 0.2) is 23.0 Å². The number of halogens is 1. The number of piperazine rings is 1. The number of nitrogens with zero attached hydrogens (tertiary/aromatic N) is 9. The molecule has 1 aliphatic heterocycles. The number of benzene rings is 3. The Morgan fingerprint density at radius 3 is 2.29 bits per heavy atom. The molecule has 4 heterocycles. The van der Waals surface area contributed by atoms with Gasteiger partial charge < -0.3 is 24.8 Å². The van der Waals surface area contributed by atoms with Crippen molar-refractivity contribution >= 4 is 40.0 Å². The number of nitrogen functional groups attached to an aromatic ring is 1. The highest BCUT2D eigenvalue weighted by molar-refractivity contribution is 5.99. The molecule has 3 aromatic carbocycles. The predicted octanol–water partition coefficient (Wildman–Crippen LogP) is 6.66. The Hall–Kier alpha value is -6.22. The SMILES string of the molecule is COc1cc2c(cc1OC)-c1c(c(N(c3cccc(F)c3)c3ccc(-c4nn([C@H]5CC[C@H](N6CCN(C(C)=O)CC6)CC5)c5ncnc(N)c45)cc3OC)nn1C)C2. The van der Waals surface area contributed by atoms with Crippen LogP contribution in [-0.2, 0) is 18.3 Å². The molecule has 6 aromatic rings. The van der Waals surface area contributed by atoms with Gasteiger partial charge in [0.2, 0.25) is 5.91 Å². The zero-order valence-electron chi connectivity index (χ0n) is 33.4. The Balaban J connectivity index is 1.08. The third-order valence-corrected chi connectivity index (χ3v) is 12.1. The number of nitrogens with two attached hydrogens (primary N) is 1. The van der Waals surface area contributed by atoms with Gasteiger partial charge in [-0.15, -0.1) is 0 Å². The van der Waals surface area contributed by atoms with E-state index in [1.54, 1.807) is 34.3 Å². The number of ether oxygens (including phenoxy) is 3. The second-order valence-corrected chi connectivity index (χ2v) is 15.3. The Bertz CT molecular complexity index is 2540. The van der Waals surface area contributed by atoms with Gasteiger partial charge in [-0.3, -0.25) is 19.3 Å². The predicted molar refractivity (Wildman–Crippen MR) is 220 cm³/mol. The minimum atomic E-state index is -0.375.